The molecule has 4 nitrogen and oxygen atoms in total. The van der Waals surface area contributed by atoms with Crippen LogP contribution in [0.25, 0.3) is 22.0 Å². The number of carbonyl (C=O) groups excluding carboxylic acids is 2. The first-order valence-corrected chi connectivity index (χ1v) is 7.40. The van der Waals surface area contributed by atoms with E-state index in [0.29, 0.717) is 5.69 Å². The lowest BCUT2D eigenvalue weighted by Gasteiger charge is -2.05. The van der Waals surface area contributed by atoms with Gasteiger partial charge in [-0.1, -0.05) is 42.0 Å². The molecule has 0 aliphatic rings. The molecule has 0 fully saturated rings. The fraction of sp³-hybridized carbons (Fsp3) is 0.158. The minimum absolute atomic E-state index is 0.188. The van der Waals surface area contributed by atoms with E-state index in [1.807, 2.05) is 55.5 Å². The number of fused-ring (bicyclic) bond motifs is 1. The highest BCUT2D eigenvalue weighted by molar-refractivity contribution is 6.08. The Morgan fingerprint density at radius 3 is 2.52 bits per heavy atom. The summed E-state index contributed by atoms with van der Waals surface area (Å²) in [5.41, 5.74) is 4.08. The van der Waals surface area contributed by atoms with Crippen molar-refractivity contribution in [2.75, 3.05) is 6.61 Å². The molecule has 0 atom stereocenters. The maximum atomic E-state index is 12.4. The zero-order valence-electron chi connectivity index (χ0n) is 13.1. The molecule has 23 heavy (non-hydrogen) atoms. The van der Waals surface area contributed by atoms with Crippen LogP contribution in [0.4, 0.5) is 0 Å². The van der Waals surface area contributed by atoms with E-state index in [4.69, 9.17) is 4.74 Å². The maximum Gasteiger partial charge on any atom is 0.355 e. The molecule has 1 heterocycles. The molecule has 4 heteroatoms. The Kier molecular flexibility index (Phi) is 3.98. The molecule has 116 valence electrons. The summed E-state index contributed by atoms with van der Waals surface area (Å²) in [7, 11) is 0. The van der Waals surface area contributed by atoms with E-state index in [-0.39, 0.29) is 12.4 Å². The van der Waals surface area contributed by atoms with Gasteiger partial charge in [-0.3, -0.25) is 4.79 Å². The standard InChI is InChI=1S/C19H17NO3/c1-12-8-9-16-15(10-12)17(14-6-4-3-5-7-14)18(20-16)19(22)23-11-13(2)21/h3-10,20H,11H2,1-2H3. The zero-order valence-corrected chi connectivity index (χ0v) is 13.1. The van der Waals surface area contributed by atoms with Crippen LogP contribution in [0.3, 0.4) is 0 Å². The van der Waals surface area contributed by atoms with Gasteiger partial charge in [0.15, 0.2) is 5.78 Å². The second-order valence-corrected chi connectivity index (χ2v) is 5.57. The summed E-state index contributed by atoms with van der Waals surface area (Å²) in [6.45, 7) is 3.18. The summed E-state index contributed by atoms with van der Waals surface area (Å²) in [5.74, 6) is -0.709. The van der Waals surface area contributed by atoms with Crippen LogP contribution in [0.5, 0.6) is 0 Å². The van der Waals surface area contributed by atoms with Gasteiger partial charge in [0.2, 0.25) is 0 Å². The van der Waals surface area contributed by atoms with Crippen molar-refractivity contribution in [2.45, 2.75) is 13.8 Å². The van der Waals surface area contributed by atoms with Gasteiger partial charge in [0.25, 0.3) is 0 Å². The monoisotopic (exact) mass is 307 g/mol. The second kappa shape index (κ2) is 6.08. The molecule has 3 aromatic rings. The second-order valence-electron chi connectivity index (χ2n) is 5.57. The topological polar surface area (TPSA) is 59.2 Å². The van der Waals surface area contributed by atoms with Gasteiger partial charge in [0.05, 0.1) is 0 Å². The summed E-state index contributed by atoms with van der Waals surface area (Å²) >= 11 is 0. The van der Waals surface area contributed by atoms with Crippen LogP contribution in [-0.4, -0.2) is 23.3 Å². The van der Waals surface area contributed by atoms with Gasteiger partial charge in [0, 0.05) is 16.5 Å². The van der Waals surface area contributed by atoms with Crippen LogP contribution >= 0.6 is 0 Å². The van der Waals surface area contributed by atoms with Gasteiger partial charge in [-0.2, -0.15) is 0 Å². The SMILES string of the molecule is CC(=O)COC(=O)c1[nH]c2ccc(C)cc2c1-c1ccccc1. The fourth-order valence-corrected chi connectivity index (χ4v) is 2.60. The van der Waals surface area contributed by atoms with Crippen molar-refractivity contribution >= 4 is 22.7 Å². The summed E-state index contributed by atoms with van der Waals surface area (Å²) in [5, 5.41) is 0.964. The molecule has 0 amide bonds. The minimum atomic E-state index is -0.520. The zero-order chi connectivity index (χ0) is 16.4. The van der Waals surface area contributed by atoms with Gasteiger partial charge >= 0.3 is 5.97 Å². The first kappa shape index (κ1) is 15.0. The van der Waals surface area contributed by atoms with Crippen molar-refractivity contribution in [3.8, 4) is 11.1 Å². The normalized spacial score (nSPS) is 10.7. The number of H-pyrrole nitrogens is 1. The van der Waals surface area contributed by atoms with Gasteiger partial charge in [-0.05, 0) is 31.5 Å². The number of hydrogen-bond donors (Lipinski definition) is 1. The number of aryl methyl sites for hydroxylation is 1. The molecule has 0 saturated heterocycles. The smallest absolute Gasteiger partial charge is 0.355 e. The number of ketones is 1. The molecule has 0 saturated carbocycles. The number of rotatable bonds is 4. The highest BCUT2D eigenvalue weighted by atomic mass is 16.5. The van der Waals surface area contributed by atoms with Crippen LogP contribution in [-0.2, 0) is 9.53 Å². The summed E-state index contributed by atoms with van der Waals surface area (Å²) in [4.78, 5) is 26.6. The highest BCUT2D eigenvalue weighted by Gasteiger charge is 2.20. The van der Waals surface area contributed by atoms with Crippen molar-refractivity contribution < 1.29 is 14.3 Å². The van der Waals surface area contributed by atoms with Crippen LogP contribution < -0.4 is 0 Å². The lowest BCUT2D eigenvalue weighted by molar-refractivity contribution is -0.120. The Bertz CT molecular complexity index is 878. The largest absolute Gasteiger partial charge is 0.453 e. The van der Waals surface area contributed by atoms with Crippen molar-refractivity contribution in [1.82, 2.24) is 4.98 Å². The third-order valence-corrected chi connectivity index (χ3v) is 3.63. The average molecular weight is 307 g/mol. The predicted octanol–water partition coefficient (Wildman–Crippen LogP) is 3.89. The van der Waals surface area contributed by atoms with E-state index in [9.17, 15) is 9.59 Å². The van der Waals surface area contributed by atoms with Crippen molar-refractivity contribution in [3.63, 3.8) is 0 Å². The van der Waals surface area contributed by atoms with E-state index >= 15 is 0 Å². The van der Waals surface area contributed by atoms with E-state index in [2.05, 4.69) is 4.98 Å². The molecule has 3 rings (SSSR count). The number of ether oxygens (including phenoxy) is 1. The van der Waals surface area contributed by atoms with Gasteiger partial charge < -0.3 is 9.72 Å². The minimum Gasteiger partial charge on any atom is -0.453 e. The predicted molar refractivity (Wildman–Crippen MR) is 89.4 cm³/mol. The van der Waals surface area contributed by atoms with E-state index in [1.165, 1.54) is 6.92 Å². The molecule has 1 aromatic heterocycles. The summed E-state index contributed by atoms with van der Waals surface area (Å²) < 4.78 is 5.09. The molecule has 0 radical (unpaired) electrons. The Balaban J connectivity index is 2.17. The lowest BCUT2D eigenvalue weighted by atomic mass is 10.0. The Labute approximate surface area is 134 Å². The summed E-state index contributed by atoms with van der Waals surface area (Å²) in [6, 6.07) is 15.6. The Morgan fingerprint density at radius 2 is 1.83 bits per heavy atom. The van der Waals surface area contributed by atoms with E-state index in [1.54, 1.807) is 0 Å². The number of Topliss-reactive ketones (excluding diaryl/α,β-unsaturated/α-hetero) is 1. The molecule has 2 aromatic carbocycles. The van der Waals surface area contributed by atoms with Crippen LogP contribution in [0, 0.1) is 6.92 Å². The van der Waals surface area contributed by atoms with Crippen LogP contribution in [0.1, 0.15) is 23.0 Å². The van der Waals surface area contributed by atoms with Gasteiger partial charge in [-0.25, -0.2) is 4.79 Å². The molecule has 0 aliphatic carbocycles. The number of nitrogens with one attached hydrogen (secondary N) is 1. The number of carbonyl (C=O) groups is 2. The molecular formula is C19H17NO3. The fourth-order valence-electron chi connectivity index (χ4n) is 2.60. The van der Waals surface area contributed by atoms with Gasteiger partial charge in [-0.15, -0.1) is 0 Å². The van der Waals surface area contributed by atoms with Crippen molar-refractivity contribution in [3.05, 3.63) is 59.8 Å². The molecular weight excluding hydrogens is 290 g/mol. The molecule has 1 N–H and O–H groups in total. The third kappa shape index (κ3) is 3.01. The maximum absolute atomic E-state index is 12.4. The van der Waals surface area contributed by atoms with Crippen LogP contribution in [0.2, 0.25) is 0 Å². The molecule has 0 bridgehead atoms. The first-order valence-electron chi connectivity index (χ1n) is 7.40. The Hall–Kier alpha value is -2.88. The molecule has 0 spiro atoms. The molecule has 0 unspecified atom stereocenters. The highest BCUT2D eigenvalue weighted by Crippen LogP contribution is 2.33. The first-order chi connectivity index (χ1) is 11.1. The number of aromatic amines is 1. The van der Waals surface area contributed by atoms with Crippen molar-refractivity contribution in [2.24, 2.45) is 0 Å². The summed E-state index contributed by atoms with van der Waals surface area (Å²) in [6.07, 6.45) is 0. The number of benzene rings is 2. The number of esters is 1. The van der Waals surface area contributed by atoms with Crippen molar-refractivity contribution in [1.29, 1.82) is 0 Å². The van der Waals surface area contributed by atoms with E-state index < -0.39 is 5.97 Å². The third-order valence-electron chi connectivity index (χ3n) is 3.63. The van der Waals surface area contributed by atoms with Gasteiger partial charge in [0.1, 0.15) is 12.3 Å². The molecule has 0 aliphatic heterocycles. The number of hydrogen-bond acceptors (Lipinski definition) is 3. The average Bonchev–Trinajstić information content (AvgIpc) is 2.92. The van der Waals surface area contributed by atoms with E-state index in [0.717, 1.165) is 27.6 Å². The number of aromatic nitrogens is 1. The van der Waals surface area contributed by atoms with Crippen LogP contribution in [0.15, 0.2) is 48.5 Å². The quantitative estimate of drug-likeness (QED) is 0.744. The Morgan fingerprint density at radius 1 is 1.09 bits per heavy atom. The lowest BCUT2D eigenvalue weighted by Crippen LogP contribution is -2.12.